The standard InChI is InChI=1S/C25H34N2O5S/c1-31-20-6-7-22(21(11-20)32-2)33(29,30)27-8-4-3-5-19(27)15-26-23(28)24-13-17-9-16-10-18(14-24)25(17,24)12-16/h6-7,11,16-19H,3-5,8-10,12-15H2,1-2H3,(H,26,28)/t16?,17-,18?,19?,24?,25?/m0/s1. The Morgan fingerprint density at radius 1 is 1.12 bits per heavy atom. The summed E-state index contributed by atoms with van der Waals surface area (Å²) in [5.41, 5.74) is 0.127. The Morgan fingerprint density at radius 3 is 2.55 bits per heavy atom. The number of benzene rings is 1. The number of hydrogen-bond acceptors (Lipinski definition) is 5. The van der Waals surface area contributed by atoms with Gasteiger partial charge in [0.2, 0.25) is 15.9 Å². The topological polar surface area (TPSA) is 84.9 Å². The third-order valence-electron chi connectivity index (χ3n) is 9.86. The van der Waals surface area contributed by atoms with E-state index >= 15 is 0 Å². The van der Waals surface area contributed by atoms with Crippen LogP contribution in [0.2, 0.25) is 0 Å². The molecule has 0 aromatic heterocycles. The van der Waals surface area contributed by atoms with Gasteiger partial charge in [-0.15, -0.1) is 0 Å². The molecule has 180 valence electrons. The molecule has 7 nitrogen and oxygen atoms in total. The zero-order valence-corrected chi connectivity index (χ0v) is 20.3. The molecule has 2 bridgehead atoms. The summed E-state index contributed by atoms with van der Waals surface area (Å²) < 4.78 is 39.5. The van der Waals surface area contributed by atoms with Gasteiger partial charge in [-0.2, -0.15) is 4.31 Å². The molecule has 6 atom stereocenters. The lowest BCUT2D eigenvalue weighted by atomic mass is 9.30. The first-order chi connectivity index (χ1) is 15.9. The van der Waals surface area contributed by atoms with Crippen molar-refractivity contribution in [3.63, 3.8) is 0 Å². The van der Waals surface area contributed by atoms with E-state index in [0.29, 0.717) is 18.8 Å². The second kappa shape index (κ2) is 7.35. The zero-order chi connectivity index (χ0) is 23.0. The Morgan fingerprint density at radius 2 is 1.88 bits per heavy atom. The van der Waals surface area contributed by atoms with Gasteiger partial charge >= 0.3 is 0 Å². The van der Waals surface area contributed by atoms with E-state index in [2.05, 4.69) is 5.32 Å². The molecule has 6 rings (SSSR count). The summed E-state index contributed by atoms with van der Waals surface area (Å²) in [6.07, 6.45) is 8.52. The highest BCUT2D eigenvalue weighted by Gasteiger charge is 2.83. The van der Waals surface area contributed by atoms with E-state index in [0.717, 1.165) is 49.9 Å². The molecule has 1 spiro atoms. The minimum Gasteiger partial charge on any atom is -0.497 e. The highest BCUT2D eigenvalue weighted by molar-refractivity contribution is 7.89. The third kappa shape index (κ3) is 2.76. The average Bonchev–Trinajstić information content (AvgIpc) is 3.34. The third-order valence-corrected chi connectivity index (χ3v) is 11.9. The number of nitrogens with zero attached hydrogens (tertiary/aromatic N) is 1. The van der Waals surface area contributed by atoms with Gasteiger partial charge in [0.1, 0.15) is 16.4 Å². The predicted octanol–water partition coefficient (Wildman–Crippen LogP) is 3.19. The highest BCUT2D eigenvalue weighted by atomic mass is 32.2. The number of amides is 1. The van der Waals surface area contributed by atoms with E-state index in [1.165, 1.54) is 33.5 Å². The van der Waals surface area contributed by atoms with Gasteiger partial charge in [0, 0.05) is 25.2 Å². The van der Waals surface area contributed by atoms with Crippen LogP contribution >= 0.6 is 0 Å². The van der Waals surface area contributed by atoms with Gasteiger partial charge in [-0.25, -0.2) is 8.42 Å². The van der Waals surface area contributed by atoms with Crippen LogP contribution in [0.4, 0.5) is 0 Å². The normalized spacial score (nSPS) is 38.7. The molecular formula is C25H34N2O5S. The fourth-order valence-electron chi connectivity index (χ4n) is 8.57. The van der Waals surface area contributed by atoms with Crippen LogP contribution in [0.5, 0.6) is 11.5 Å². The number of rotatable bonds is 7. The largest absolute Gasteiger partial charge is 0.497 e. The highest BCUT2D eigenvalue weighted by Crippen LogP contribution is 2.86. The second-order valence-corrected chi connectivity index (χ2v) is 12.8. The lowest BCUT2D eigenvalue weighted by Crippen LogP contribution is -2.73. The number of ether oxygens (including phenoxy) is 2. The van der Waals surface area contributed by atoms with E-state index < -0.39 is 10.0 Å². The Labute approximate surface area is 196 Å². The first-order valence-corrected chi connectivity index (χ1v) is 13.8. The number of sulfonamides is 1. The molecule has 1 aliphatic heterocycles. The molecule has 1 aromatic rings. The van der Waals surface area contributed by atoms with E-state index in [4.69, 9.17) is 9.47 Å². The fourth-order valence-corrected chi connectivity index (χ4v) is 10.4. The maximum absolute atomic E-state index is 13.6. The number of nitrogens with one attached hydrogen (secondary N) is 1. The molecule has 33 heavy (non-hydrogen) atoms. The van der Waals surface area contributed by atoms with Gasteiger partial charge in [-0.3, -0.25) is 4.79 Å². The van der Waals surface area contributed by atoms with Crippen LogP contribution in [0.15, 0.2) is 23.1 Å². The van der Waals surface area contributed by atoms with Crippen molar-refractivity contribution in [1.29, 1.82) is 0 Å². The number of carbonyl (C=O) groups excluding carboxylic acids is 1. The van der Waals surface area contributed by atoms with Crippen LogP contribution in [0, 0.1) is 28.6 Å². The van der Waals surface area contributed by atoms with Crippen molar-refractivity contribution < 1.29 is 22.7 Å². The molecule has 5 fully saturated rings. The van der Waals surface area contributed by atoms with Crippen molar-refractivity contribution in [3.05, 3.63) is 18.2 Å². The van der Waals surface area contributed by atoms with E-state index in [-0.39, 0.29) is 33.4 Å². The van der Waals surface area contributed by atoms with Crippen molar-refractivity contribution >= 4 is 15.9 Å². The Bertz CT molecular complexity index is 1070. The summed E-state index contributed by atoms with van der Waals surface area (Å²) >= 11 is 0. The molecule has 4 aliphatic carbocycles. The van der Waals surface area contributed by atoms with Crippen molar-refractivity contribution in [3.8, 4) is 11.5 Å². The lowest BCUT2D eigenvalue weighted by Gasteiger charge is -2.73. The predicted molar refractivity (Wildman–Crippen MR) is 123 cm³/mol. The first-order valence-electron chi connectivity index (χ1n) is 12.4. The lowest BCUT2D eigenvalue weighted by molar-refractivity contribution is -0.249. The number of fused-ring (bicyclic) bond motifs is 1. The maximum atomic E-state index is 13.6. The number of piperidine rings is 1. The van der Waals surface area contributed by atoms with Gasteiger partial charge in [0.15, 0.2) is 0 Å². The summed E-state index contributed by atoms with van der Waals surface area (Å²) in [5, 5.41) is 3.23. The van der Waals surface area contributed by atoms with Crippen LogP contribution in [-0.2, 0) is 14.8 Å². The molecule has 0 radical (unpaired) electrons. The van der Waals surface area contributed by atoms with Gasteiger partial charge in [0.25, 0.3) is 0 Å². The maximum Gasteiger partial charge on any atom is 0.247 e. The summed E-state index contributed by atoms with van der Waals surface area (Å²) in [5.74, 6) is 3.37. The Balaban J connectivity index is 1.19. The molecule has 1 N–H and O–H groups in total. The minimum atomic E-state index is -3.77. The summed E-state index contributed by atoms with van der Waals surface area (Å²) in [4.78, 5) is 13.6. The minimum absolute atomic E-state index is 0.146. The molecule has 1 saturated heterocycles. The zero-order valence-electron chi connectivity index (χ0n) is 19.5. The van der Waals surface area contributed by atoms with Crippen molar-refractivity contribution in [2.24, 2.45) is 28.6 Å². The smallest absolute Gasteiger partial charge is 0.247 e. The average molecular weight is 475 g/mol. The van der Waals surface area contributed by atoms with Gasteiger partial charge in [-0.05, 0) is 80.2 Å². The van der Waals surface area contributed by atoms with Crippen LogP contribution < -0.4 is 14.8 Å². The number of hydrogen-bond donors (Lipinski definition) is 1. The summed E-state index contributed by atoms with van der Waals surface area (Å²) in [6.45, 7) is 0.839. The van der Waals surface area contributed by atoms with Gasteiger partial charge < -0.3 is 14.8 Å². The van der Waals surface area contributed by atoms with Crippen molar-refractivity contribution in [1.82, 2.24) is 9.62 Å². The number of methoxy groups -OCH3 is 2. The molecule has 4 saturated carbocycles. The summed E-state index contributed by atoms with van der Waals surface area (Å²) in [6, 6.07) is 4.56. The van der Waals surface area contributed by atoms with Crippen molar-refractivity contribution in [2.75, 3.05) is 27.3 Å². The fraction of sp³-hybridized carbons (Fsp3) is 0.720. The van der Waals surface area contributed by atoms with Gasteiger partial charge in [-0.1, -0.05) is 6.42 Å². The molecule has 8 heteroatoms. The molecule has 5 aliphatic rings. The van der Waals surface area contributed by atoms with Crippen LogP contribution in [0.3, 0.4) is 0 Å². The monoisotopic (exact) mass is 474 g/mol. The van der Waals surface area contributed by atoms with E-state index in [9.17, 15) is 13.2 Å². The molecule has 1 amide bonds. The Kier molecular flexibility index (Phi) is 4.83. The van der Waals surface area contributed by atoms with Crippen LogP contribution in [0.25, 0.3) is 0 Å². The first kappa shape index (κ1) is 21.7. The van der Waals surface area contributed by atoms with Crippen molar-refractivity contribution in [2.45, 2.75) is 62.3 Å². The van der Waals surface area contributed by atoms with Crippen LogP contribution in [-0.4, -0.2) is 52.0 Å². The SMILES string of the molecule is COc1ccc(S(=O)(=O)N2CCCCC2CNC(=O)C23CC4CC5C[C@@H](C2)C43C5)c(OC)c1. The molecular weight excluding hydrogens is 440 g/mol. The Hall–Kier alpha value is -1.80. The van der Waals surface area contributed by atoms with Crippen LogP contribution in [0.1, 0.15) is 51.4 Å². The molecule has 5 unspecified atom stereocenters. The van der Waals surface area contributed by atoms with E-state index in [1.807, 2.05) is 0 Å². The number of carbonyl (C=O) groups is 1. The quantitative estimate of drug-likeness (QED) is 0.656. The van der Waals surface area contributed by atoms with Gasteiger partial charge in [0.05, 0.1) is 19.6 Å². The molecule has 1 aromatic carbocycles. The summed E-state index contributed by atoms with van der Waals surface area (Å²) in [7, 11) is -0.761. The molecule has 1 heterocycles. The second-order valence-electron chi connectivity index (χ2n) is 11.0. The van der Waals surface area contributed by atoms with E-state index in [1.54, 1.807) is 22.5 Å².